The number of aryl methyl sites for hydroxylation is 4. The molecule has 3 N–H and O–H groups in total. The maximum atomic E-state index is 12.3. The summed E-state index contributed by atoms with van der Waals surface area (Å²) in [5, 5.41) is 0. The van der Waals surface area contributed by atoms with Gasteiger partial charge in [0.2, 0.25) is 9.84 Å². The average Bonchev–Trinajstić information content (AvgIpc) is 2.81. The molecule has 0 aliphatic heterocycles. The molecule has 36 heavy (non-hydrogen) atoms. The zero-order valence-electron chi connectivity index (χ0n) is 20.7. The molecule has 0 amide bonds. The van der Waals surface area contributed by atoms with Crippen LogP contribution in [0.25, 0.3) is 0 Å². The average molecular weight is 529 g/mol. The third-order valence-corrected chi connectivity index (χ3v) is 7.58. The van der Waals surface area contributed by atoms with Crippen LogP contribution < -0.4 is 0 Å². The Morgan fingerprint density at radius 1 is 0.444 bits per heavy atom. The highest BCUT2D eigenvalue weighted by atomic mass is 32.2. The Hall–Kier alpha value is -3.30. The zero-order chi connectivity index (χ0) is 26.1. The van der Waals surface area contributed by atoms with Crippen molar-refractivity contribution in [2.24, 2.45) is 0 Å². The lowest BCUT2D eigenvalue weighted by Gasteiger charge is -2.05. The number of hydrogen-bond donors (Lipinski definition) is 1. The fourth-order valence-electron chi connectivity index (χ4n) is 2.82. The third-order valence-electron chi connectivity index (χ3n) is 4.92. The molecular weight excluding hydrogens is 496 g/mol. The number of benzene rings is 4. The normalized spacial score (nSPS) is 10.6. The Morgan fingerprint density at radius 2 is 0.722 bits per heavy atom. The molecule has 0 aromatic heterocycles. The van der Waals surface area contributed by atoms with E-state index in [1.807, 2.05) is 39.0 Å². The SMILES string of the molecule is Cc1ccc(S(=O)(=O)O)cc1.Cc1ccc(S(=O)(=O)c2ccc(C)cc2)cc1.Cc1ccccc1.O. The number of rotatable bonds is 3. The first kappa shape index (κ1) is 30.7. The van der Waals surface area contributed by atoms with Crippen molar-refractivity contribution < 1.29 is 26.9 Å². The summed E-state index contributed by atoms with van der Waals surface area (Å²) in [5.41, 5.74) is 4.38. The molecule has 0 aliphatic carbocycles. The summed E-state index contributed by atoms with van der Waals surface area (Å²) < 4.78 is 54.1. The molecule has 4 aromatic rings. The molecule has 0 unspecified atom stereocenters. The first-order valence-corrected chi connectivity index (χ1v) is 13.8. The van der Waals surface area contributed by atoms with Crippen LogP contribution >= 0.6 is 0 Å². The number of sulfone groups is 1. The first-order valence-electron chi connectivity index (χ1n) is 10.8. The van der Waals surface area contributed by atoms with Gasteiger partial charge < -0.3 is 5.48 Å². The third kappa shape index (κ3) is 9.75. The first-order chi connectivity index (χ1) is 16.4. The minimum Gasteiger partial charge on any atom is -0.412 e. The molecule has 0 atom stereocenters. The summed E-state index contributed by atoms with van der Waals surface area (Å²) in [7, 11) is -7.39. The van der Waals surface area contributed by atoms with Crippen LogP contribution in [0.1, 0.15) is 22.3 Å². The van der Waals surface area contributed by atoms with E-state index in [2.05, 4.69) is 19.1 Å². The molecule has 0 saturated carbocycles. The quantitative estimate of drug-likeness (QED) is 0.350. The van der Waals surface area contributed by atoms with E-state index in [0.29, 0.717) is 9.79 Å². The lowest BCUT2D eigenvalue weighted by molar-refractivity contribution is 0.483. The van der Waals surface area contributed by atoms with E-state index in [9.17, 15) is 16.8 Å². The monoisotopic (exact) mass is 528 g/mol. The van der Waals surface area contributed by atoms with Crippen LogP contribution in [0.15, 0.2) is 118 Å². The topological polar surface area (TPSA) is 120 Å². The van der Waals surface area contributed by atoms with E-state index in [-0.39, 0.29) is 10.4 Å². The Labute approximate surface area is 214 Å². The van der Waals surface area contributed by atoms with Gasteiger partial charge in [-0.3, -0.25) is 4.55 Å². The molecule has 0 aliphatic rings. The molecule has 0 radical (unpaired) electrons. The Balaban J connectivity index is 0.000000293. The van der Waals surface area contributed by atoms with Gasteiger partial charge in [-0.2, -0.15) is 8.42 Å². The van der Waals surface area contributed by atoms with Crippen molar-refractivity contribution in [3.05, 3.63) is 125 Å². The van der Waals surface area contributed by atoms with Crippen LogP contribution in [0.4, 0.5) is 0 Å². The van der Waals surface area contributed by atoms with Crippen molar-refractivity contribution in [1.29, 1.82) is 0 Å². The summed E-state index contributed by atoms with van der Waals surface area (Å²) in [4.78, 5) is 0.613. The standard InChI is InChI=1S/C14H14O2S.C7H8O3S.C7H8.H2O/c1-11-3-7-13(8-4-11)17(15,16)14-9-5-12(2)6-10-14;1-6-2-4-7(5-3-6)11(8,9)10;1-7-5-3-2-4-6-7;/h3-10H,1-2H3;2-5H,1H3,(H,8,9,10);2-6H,1H3;1H2. The van der Waals surface area contributed by atoms with Crippen LogP contribution in [0.5, 0.6) is 0 Å². The van der Waals surface area contributed by atoms with E-state index in [1.165, 1.54) is 17.7 Å². The Bertz CT molecular complexity index is 1360. The maximum absolute atomic E-state index is 12.3. The van der Waals surface area contributed by atoms with E-state index < -0.39 is 20.0 Å². The van der Waals surface area contributed by atoms with E-state index in [0.717, 1.165) is 16.7 Å². The van der Waals surface area contributed by atoms with Crippen molar-refractivity contribution in [3.63, 3.8) is 0 Å². The van der Waals surface area contributed by atoms with E-state index >= 15 is 0 Å². The van der Waals surface area contributed by atoms with Crippen molar-refractivity contribution in [2.75, 3.05) is 0 Å². The van der Waals surface area contributed by atoms with Gasteiger partial charge in [0.25, 0.3) is 10.1 Å². The van der Waals surface area contributed by atoms with Gasteiger partial charge >= 0.3 is 0 Å². The predicted octanol–water partition coefficient (Wildman–Crippen LogP) is 5.55. The molecule has 0 fully saturated rings. The fraction of sp³-hybridized carbons (Fsp3) is 0.143. The van der Waals surface area contributed by atoms with Crippen molar-refractivity contribution in [3.8, 4) is 0 Å². The van der Waals surface area contributed by atoms with Crippen LogP contribution in [0, 0.1) is 27.7 Å². The minimum atomic E-state index is -4.02. The van der Waals surface area contributed by atoms with Gasteiger partial charge in [-0.05, 0) is 64.1 Å². The van der Waals surface area contributed by atoms with Gasteiger partial charge in [-0.25, -0.2) is 8.42 Å². The summed E-state index contributed by atoms with van der Waals surface area (Å²) in [5.74, 6) is 0. The fourth-order valence-corrected chi connectivity index (χ4v) is 4.56. The van der Waals surface area contributed by atoms with Gasteiger partial charge in [-0.15, -0.1) is 0 Å². The predicted molar refractivity (Wildman–Crippen MR) is 144 cm³/mol. The molecule has 4 rings (SSSR count). The minimum absolute atomic E-state index is 0. The molecule has 0 bridgehead atoms. The second kappa shape index (κ2) is 13.7. The van der Waals surface area contributed by atoms with Gasteiger partial charge in [0.1, 0.15) is 0 Å². The highest BCUT2D eigenvalue weighted by Crippen LogP contribution is 2.21. The van der Waals surface area contributed by atoms with Crippen molar-refractivity contribution in [1.82, 2.24) is 0 Å². The highest BCUT2D eigenvalue weighted by molar-refractivity contribution is 7.91. The summed E-state index contributed by atoms with van der Waals surface area (Å²) >= 11 is 0. The Morgan fingerprint density at radius 3 is 0.972 bits per heavy atom. The van der Waals surface area contributed by atoms with Crippen LogP contribution in [0.3, 0.4) is 0 Å². The van der Waals surface area contributed by atoms with Crippen molar-refractivity contribution >= 4 is 20.0 Å². The second-order valence-electron chi connectivity index (χ2n) is 8.07. The largest absolute Gasteiger partial charge is 0.412 e. The maximum Gasteiger partial charge on any atom is 0.294 e. The smallest absolute Gasteiger partial charge is 0.294 e. The van der Waals surface area contributed by atoms with Gasteiger partial charge in [0.05, 0.1) is 14.7 Å². The van der Waals surface area contributed by atoms with Gasteiger partial charge in [0.15, 0.2) is 0 Å². The molecule has 0 heterocycles. The van der Waals surface area contributed by atoms with E-state index in [4.69, 9.17) is 4.55 Å². The molecular formula is C28H32O6S2. The van der Waals surface area contributed by atoms with Crippen LogP contribution in [-0.4, -0.2) is 26.9 Å². The van der Waals surface area contributed by atoms with Crippen molar-refractivity contribution in [2.45, 2.75) is 42.4 Å². The van der Waals surface area contributed by atoms with Crippen LogP contribution in [-0.2, 0) is 20.0 Å². The van der Waals surface area contributed by atoms with Gasteiger partial charge in [0, 0.05) is 0 Å². The molecule has 8 heteroatoms. The van der Waals surface area contributed by atoms with Crippen LogP contribution in [0.2, 0.25) is 0 Å². The molecule has 192 valence electrons. The Kier molecular flexibility index (Phi) is 11.7. The number of hydrogen-bond acceptors (Lipinski definition) is 4. The molecule has 6 nitrogen and oxygen atoms in total. The second-order valence-corrected chi connectivity index (χ2v) is 11.4. The lowest BCUT2D eigenvalue weighted by atomic mass is 10.2. The lowest BCUT2D eigenvalue weighted by Crippen LogP contribution is -2.01. The zero-order valence-corrected chi connectivity index (χ0v) is 22.3. The highest BCUT2D eigenvalue weighted by Gasteiger charge is 2.16. The summed E-state index contributed by atoms with van der Waals surface area (Å²) in [6, 6.07) is 30.0. The van der Waals surface area contributed by atoms with E-state index in [1.54, 1.807) is 60.7 Å². The molecule has 0 spiro atoms. The summed E-state index contributed by atoms with van der Waals surface area (Å²) in [6.45, 7) is 7.79. The molecule has 4 aromatic carbocycles. The molecule has 0 saturated heterocycles. The summed E-state index contributed by atoms with van der Waals surface area (Å²) in [6.07, 6.45) is 0. The van der Waals surface area contributed by atoms with Gasteiger partial charge in [-0.1, -0.05) is 89.0 Å².